The standard InChI is InChI=1S/C11H13ClN2O2/c12-7-3-4-9(8(13)6-7)14-11(15)10-2-1-5-16-10/h3-4,6,10H,1-2,5,13H2,(H,14,15)/t10-/m1/s1. The number of nitrogen functional groups attached to an aromatic ring is 1. The number of nitrogens with two attached hydrogens (primary N) is 1. The van der Waals surface area contributed by atoms with Crippen LogP contribution in [0.15, 0.2) is 18.2 Å². The van der Waals surface area contributed by atoms with Gasteiger partial charge in [-0.3, -0.25) is 4.79 Å². The normalized spacial score (nSPS) is 19.7. The Morgan fingerprint density at radius 1 is 1.56 bits per heavy atom. The Balaban J connectivity index is 2.05. The van der Waals surface area contributed by atoms with E-state index < -0.39 is 0 Å². The Hall–Kier alpha value is -1.26. The number of amides is 1. The second-order valence-corrected chi connectivity index (χ2v) is 4.16. The number of nitrogens with one attached hydrogen (secondary N) is 1. The fraction of sp³-hybridized carbons (Fsp3) is 0.364. The van der Waals surface area contributed by atoms with Crippen LogP contribution in [-0.4, -0.2) is 18.6 Å². The Kier molecular flexibility index (Phi) is 3.31. The quantitative estimate of drug-likeness (QED) is 0.778. The molecule has 1 aliphatic heterocycles. The van der Waals surface area contributed by atoms with Crippen LogP contribution in [-0.2, 0) is 9.53 Å². The highest BCUT2D eigenvalue weighted by atomic mass is 35.5. The number of hydrogen-bond acceptors (Lipinski definition) is 3. The van der Waals surface area contributed by atoms with E-state index in [1.165, 1.54) is 0 Å². The fourth-order valence-electron chi connectivity index (χ4n) is 1.65. The molecule has 1 aromatic rings. The summed E-state index contributed by atoms with van der Waals surface area (Å²) in [4.78, 5) is 11.7. The summed E-state index contributed by atoms with van der Waals surface area (Å²) in [5.74, 6) is -0.147. The minimum absolute atomic E-state index is 0.147. The number of benzene rings is 1. The van der Waals surface area contributed by atoms with E-state index in [1.807, 2.05) is 0 Å². The van der Waals surface area contributed by atoms with Gasteiger partial charge in [0.15, 0.2) is 0 Å². The predicted octanol–water partition coefficient (Wildman–Crippen LogP) is 2.04. The molecule has 1 aliphatic rings. The van der Waals surface area contributed by atoms with Crippen molar-refractivity contribution in [2.75, 3.05) is 17.7 Å². The highest BCUT2D eigenvalue weighted by Crippen LogP contribution is 2.23. The maximum Gasteiger partial charge on any atom is 0.253 e. The van der Waals surface area contributed by atoms with Gasteiger partial charge in [-0.25, -0.2) is 0 Å². The van der Waals surface area contributed by atoms with E-state index >= 15 is 0 Å². The monoisotopic (exact) mass is 240 g/mol. The summed E-state index contributed by atoms with van der Waals surface area (Å²) < 4.78 is 5.27. The molecule has 2 rings (SSSR count). The predicted molar refractivity (Wildman–Crippen MR) is 63.5 cm³/mol. The van der Waals surface area contributed by atoms with Crippen molar-refractivity contribution >= 4 is 28.9 Å². The molecular formula is C11H13ClN2O2. The molecule has 1 amide bonds. The number of halogens is 1. The van der Waals surface area contributed by atoms with Gasteiger partial charge in [0.2, 0.25) is 0 Å². The Bertz CT molecular complexity index is 403. The molecule has 1 aromatic carbocycles. The summed E-state index contributed by atoms with van der Waals surface area (Å²) in [6.45, 7) is 0.647. The van der Waals surface area contributed by atoms with E-state index in [9.17, 15) is 4.79 Å². The molecule has 1 atom stereocenters. The second-order valence-electron chi connectivity index (χ2n) is 3.72. The summed E-state index contributed by atoms with van der Waals surface area (Å²) in [6.07, 6.45) is 1.34. The van der Waals surface area contributed by atoms with Crippen LogP contribution in [0.2, 0.25) is 5.02 Å². The number of hydrogen-bond donors (Lipinski definition) is 2. The largest absolute Gasteiger partial charge is 0.397 e. The average molecular weight is 241 g/mol. The minimum Gasteiger partial charge on any atom is -0.397 e. The van der Waals surface area contributed by atoms with E-state index in [0.29, 0.717) is 23.0 Å². The molecule has 3 N–H and O–H groups in total. The van der Waals surface area contributed by atoms with E-state index in [1.54, 1.807) is 18.2 Å². The first kappa shape index (κ1) is 11.2. The first-order chi connectivity index (χ1) is 7.66. The summed E-state index contributed by atoms with van der Waals surface area (Å²) in [6, 6.07) is 4.97. The van der Waals surface area contributed by atoms with E-state index in [2.05, 4.69) is 5.32 Å². The lowest BCUT2D eigenvalue weighted by Crippen LogP contribution is -2.27. The molecular weight excluding hydrogens is 228 g/mol. The van der Waals surface area contributed by atoms with Crippen LogP contribution in [0, 0.1) is 0 Å². The zero-order valence-electron chi connectivity index (χ0n) is 8.70. The number of rotatable bonds is 2. The summed E-state index contributed by atoms with van der Waals surface area (Å²) >= 11 is 5.76. The molecule has 0 unspecified atom stereocenters. The van der Waals surface area contributed by atoms with Gasteiger partial charge >= 0.3 is 0 Å². The highest BCUT2D eigenvalue weighted by Gasteiger charge is 2.23. The lowest BCUT2D eigenvalue weighted by Gasteiger charge is -2.12. The van der Waals surface area contributed by atoms with Crippen LogP contribution in [0.1, 0.15) is 12.8 Å². The Morgan fingerprint density at radius 2 is 2.38 bits per heavy atom. The topological polar surface area (TPSA) is 64.3 Å². The molecule has 1 saturated heterocycles. The number of carbonyl (C=O) groups excluding carboxylic acids is 1. The van der Waals surface area contributed by atoms with Crippen LogP contribution in [0.4, 0.5) is 11.4 Å². The smallest absolute Gasteiger partial charge is 0.253 e. The SMILES string of the molecule is Nc1cc(Cl)ccc1NC(=O)[C@H]1CCCO1. The third-order valence-corrected chi connectivity index (χ3v) is 2.73. The van der Waals surface area contributed by atoms with Crippen molar-refractivity contribution in [2.45, 2.75) is 18.9 Å². The summed E-state index contributed by atoms with van der Waals surface area (Å²) in [5.41, 5.74) is 6.76. The first-order valence-corrected chi connectivity index (χ1v) is 5.52. The molecule has 4 nitrogen and oxygen atoms in total. The first-order valence-electron chi connectivity index (χ1n) is 5.14. The molecule has 5 heteroatoms. The van der Waals surface area contributed by atoms with Gasteiger partial charge in [0, 0.05) is 11.6 Å². The minimum atomic E-state index is -0.352. The van der Waals surface area contributed by atoms with Crippen molar-refractivity contribution in [1.82, 2.24) is 0 Å². The van der Waals surface area contributed by atoms with Gasteiger partial charge in [-0.1, -0.05) is 11.6 Å². The van der Waals surface area contributed by atoms with Crippen LogP contribution >= 0.6 is 11.6 Å². The maximum absolute atomic E-state index is 11.7. The van der Waals surface area contributed by atoms with Gasteiger partial charge in [-0.2, -0.15) is 0 Å². The summed E-state index contributed by atoms with van der Waals surface area (Å²) in [7, 11) is 0. The maximum atomic E-state index is 11.7. The van der Waals surface area contributed by atoms with Crippen LogP contribution in [0.5, 0.6) is 0 Å². The molecule has 0 saturated carbocycles. The van der Waals surface area contributed by atoms with Crippen LogP contribution < -0.4 is 11.1 Å². The van der Waals surface area contributed by atoms with Gasteiger partial charge in [-0.05, 0) is 31.0 Å². The Labute approximate surface area is 98.7 Å². The zero-order chi connectivity index (χ0) is 11.5. The highest BCUT2D eigenvalue weighted by molar-refractivity contribution is 6.31. The molecule has 0 bridgehead atoms. The lowest BCUT2D eigenvalue weighted by molar-refractivity contribution is -0.124. The average Bonchev–Trinajstić information content (AvgIpc) is 2.75. The molecule has 0 aromatic heterocycles. The van der Waals surface area contributed by atoms with Crippen LogP contribution in [0.3, 0.4) is 0 Å². The van der Waals surface area contributed by atoms with Gasteiger partial charge in [0.05, 0.1) is 11.4 Å². The van der Waals surface area contributed by atoms with E-state index in [4.69, 9.17) is 22.1 Å². The zero-order valence-corrected chi connectivity index (χ0v) is 9.46. The van der Waals surface area contributed by atoms with Gasteiger partial charge in [-0.15, -0.1) is 0 Å². The van der Waals surface area contributed by atoms with Gasteiger partial charge < -0.3 is 15.8 Å². The van der Waals surface area contributed by atoms with Crippen molar-refractivity contribution in [3.05, 3.63) is 23.2 Å². The van der Waals surface area contributed by atoms with Crippen molar-refractivity contribution < 1.29 is 9.53 Å². The van der Waals surface area contributed by atoms with E-state index in [0.717, 1.165) is 12.8 Å². The lowest BCUT2D eigenvalue weighted by atomic mass is 10.2. The molecule has 86 valence electrons. The molecule has 16 heavy (non-hydrogen) atoms. The number of ether oxygens (including phenoxy) is 1. The summed E-state index contributed by atoms with van der Waals surface area (Å²) in [5, 5.41) is 3.28. The van der Waals surface area contributed by atoms with Crippen molar-refractivity contribution in [3.63, 3.8) is 0 Å². The molecule has 1 heterocycles. The number of anilines is 2. The molecule has 1 fully saturated rings. The second kappa shape index (κ2) is 4.72. The van der Waals surface area contributed by atoms with Crippen LogP contribution in [0.25, 0.3) is 0 Å². The molecule has 0 aliphatic carbocycles. The third-order valence-electron chi connectivity index (χ3n) is 2.49. The van der Waals surface area contributed by atoms with Gasteiger partial charge in [0.1, 0.15) is 6.10 Å². The molecule has 0 spiro atoms. The van der Waals surface area contributed by atoms with Crippen molar-refractivity contribution in [3.8, 4) is 0 Å². The van der Waals surface area contributed by atoms with E-state index in [-0.39, 0.29) is 12.0 Å². The van der Waals surface area contributed by atoms with Gasteiger partial charge in [0.25, 0.3) is 5.91 Å². The van der Waals surface area contributed by atoms with Crippen molar-refractivity contribution in [2.24, 2.45) is 0 Å². The Morgan fingerprint density at radius 3 is 3.00 bits per heavy atom. The molecule has 0 radical (unpaired) electrons. The number of carbonyl (C=O) groups is 1. The fourth-order valence-corrected chi connectivity index (χ4v) is 1.83. The van der Waals surface area contributed by atoms with Crippen molar-refractivity contribution in [1.29, 1.82) is 0 Å². The third kappa shape index (κ3) is 2.46.